The van der Waals surface area contributed by atoms with Crippen LogP contribution in [-0.2, 0) is 16.0 Å². The number of nitrogen functional groups attached to an aromatic ring is 1. The van der Waals surface area contributed by atoms with Gasteiger partial charge in [-0.05, 0) is 60.4 Å². The van der Waals surface area contributed by atoms with Crippen LogP contribution >= 0.6 is 0 Å². The van der Waals surface area contributed by atoms with Crippen molar-refractivity contribution in [3.63, 3.8) is 0 Å². The third kappa shape index (κ3) is 6.03. The number of hydrogen-bond donors (Lipinski definition) is 3. The maximum absolute atomic E-state index is 12.9. The van der Waals surface area contributed by atoms with E-state index in [1.54, 1.807) is 0 Å². The van der Waals surface area contributed by atoms with Crippen LogP contribution in [0.4, 0.5) is 0 Å². The molecule has 36 heavy (non-hydrogen) atoms. The molecule has 1 saturated heterocycles. The van der Waals surface area contributed by atoms with Gasteiger partial charge in [0.15, 0.2) is 0 Å². The van der Waals surface area contributed by atoms with Gasteiger partial charge in [0, 0.05) is 31.5 Å². The van der Waals surface area contributed by atoms with Crippen molar-refractivity contribution in [2.45, 2.75) is 45.1 Å². The number of nitrogens with zero attached hydrogens (tertiary/aromatic N) is 1. The summed E-state index contributed by atoms with van der Waals surface area (Å²) in [6, 6.07) is 19.5. The second kappa shape index (κ2) is 11.2. The molecule has 0 aromatic heterocycles. The highest BCUT2D eigenvalue weighted by Gasteiger charge is 2.24. The number of piperidine rings is 1. The molecule has 0 saturated carbocycles. The fraction of sp³-hybridized carbons (Fsp3) is 0.345. The van der Waals surface area contributed by atoms with E-state index in [0.717, 1.165) is 53.6 Å². The highest BCUT2D eigenvalue weighted by molar-refractivity contribution is 5.99. The monoisotopic (exact) mass is 486 g/mol. The Kier molecular flexibility index (Phi) is 7.88. The molecular weight excluding hydrogens is 452 g/mol. The SMILES string of the molecule is CCOC(=O)C(Cc1ccc2cc(C(=N)N)ccc2c1)c1ccc(OC2CCN(C(C)=N)CC2)cc1. The minimum absolute atomic E-state index is 0.0442. The van der Waals surface area contributed by atoms with Crippen molar-refractivity contribution < 1.29 is 14.3 Å². The Hall–Kier alpha value is -3.87. The number of carbonyl (C=O) groups is 1. The van der Waals surface area contributed by atoms with Crippen molar-refractivity contribution in [3.05, 3.63) is 77.4 Å². The van der Waals surface area contributed by atoms with Crippen molar-refractivity contribution >= 4 is 28.4 Å². The molecule has 7 heteroatoms. The molecule has 1 unspecified atom stereocenters. The van der Waals surface area contributed by atoms with E-state index in [2.05, 4.69) is 11.0 Å². The first-order valence-corrected chi connectivity index (χ1v) is 12.4. The van der Waals surface area contributed by atoms with Gasteiger partial charge < -0.3 is 20.1 Å². The normalized spacial score (nSPS) is 14.9. The molecule has 0 spiro atoms. The van der Waals surface area contributed by atoms with Crippen LogP contribution in [0.5, 0.6) is 5.75 Å². The van der Waals surface area contributed by atoms with Gasteiger partial charge in [0.25, 0.3) is 0 Å². The number of nitrogens with two attached hydrogens (primary N) is 1. The number of esters is 1. The molecule has 1 aliphatic rings. The number of hydrogen-bond acceptors (Lipinski definition) is 5. The Morgan fingerprint density at radius 2 is 1.69 bits per heavy atom. The predicted molar refractivity (Wildman–Crippen MR) is 143 cm³/mol. The maximum atomic E-state index is 12.9. The van der Waals surface area contributed by atoms with E-state index < -0.39 is 5.92 Å². The molecule has 4 N–H and O–H groups in total. The quantitative estimate of drug-likeness (QED) is 0.239. The van der Waals surface area contributed by atoms with Gasteiger partial charge in [-0.3, -0.25) is 15.6 Å². The summed E-state index contributed by atoms with van der Waals surface area (Å²) in [4.78, 5) is 15.0. The molecule has 0 radical (unpaired) electrons. The molecule has 3 aromatic carbocycles. The van der Waals surface area contributed by atoms with Crippen molar-refractivity contribution in [2.75, 3.05) is 19.7 Å². The average molecular weight is 487 g/mol. The molecule has 1 atom stereocenters. The largest absolute Gasteiger partial charge is 0.490 e. The molecule has 3 aromatic rings. The van der Waals surface area contributed by atoms with Gasteiger partial charge in [-0.2, -0.15) is 0 Å². The molecule has 188 valence electrons. The lowest BCUT2D eigenvalue weighted by molar-refractivity contribution is -0.144. The molecule has 0 aliphatic carbocycles. The van der Waals surface area contributed by atoms with Gasteiger partial charge in [-0.25, -0.2) is 0 Å². The molecule has 1 aliphatic heterocycles. The zero-order valence-electron chi connectivity index (χ0n) is 20.9. The average Bonchev–Trinajstić information content (AvgIpc) is 2.88. The summed E-state index contributed by atoms with van der Waals surface area (Å²) in [5.41, 5.74) is 8.23. The van der Waals surface area contributed by atoms with E-state index in [-0.39, 0.29) is 17.9 Å². The zero-order chi connectivity index (χ0) is 25.7. The number of rotatable bonds is 8. The van der Waals surface area contributed by atoms with Crippen LogP contribution in [0.15, 0.2) is 60.7 Å². The number of benzene rings is 3. The summed E-state index contributed by atoms with van der Waals surface area (Å²) >= 11 is 0. The van der Waals surface area contributed by atoms with Crippen LogP contribution in [0.25, 0.3) is 10.8 Å². The third-order valence-electron chi connectivity index (χ3n) is 6.73. The van der Waals surface area contributed by atoms with E-state index in [1.165, 1.54) is 0 Å². The summed E-state index contributed by atoms with van der Waals surface area (Å²) in [7, 11) is 0. The molecular formula is C29H34N4O3. The third-order valence-corrected chi connectivity index (χ3v) is 6.73. The highest BCUT2D eigenvalue weighted by atomic mass is 16.5. The van der Waals surface area contributed by atoms with Gasteiger partial charge in [-0.15, -0.1) is 0 Å². The van der Waals surface area contributed by atoms with Gasteiger partial charge >= 0.3 is 5.97 Å². The van der Waals surface area contributed by atoms with Crippen LogP contribution in [0.2, 0.25) is 0 Å². The van der Waals surface area contributed by atoms with Crippen molar-refractivity contribution in [2.24, 2.45) is 5.73 Å². The molecule has 4 rings (SSSR count). The van der Waals surface area contributed by atoms with Crippen molar-refractivity contribution in [3.8, 4) is 5.75 Å². The molecule has 7 nitrogen and oxygen atoms in total. The Balaban J connectivity index is 1.48. The van der Waals surface area contributed by atoms with E-state index >= 15 is 0 Å². The Morgan fingerprint density at radius 3 is 2.33 bits per heavy atom. The van der Waals surface area contributed by atoms with Gasteiger partial charge in [0.2, 0.25) is 0 Å². The zero-order valence-corrected chi connectivity index (χ0v) is 20.9. The van der Waals surface area contributed by atoms with E-state index in [1.807, 2.05) is 68.4 Å². The number of likely N-dealkylation sites (tertiary alicyclic amines) is 1. The first-order chi connectivity index (χ1) is 17.3. The van der Waals surface area contributed by atoms with Gasteiger partial charge in [0.1, 0.15) is 17.7 Å². The smallest absolute Gasteiger partial charge is 0.313 e. The predicted octanol–water partition coefficient (Wildman–Crippen LogP) is 4.85. The Labute approximate surface area is 212 Å². The second-order valence-electron chi connectivity index (χ2n) is 9.28. The minimum atomic E-state index is -0.424. The van der Waals surface area contributed by atoms with Crippen LogP contribution in [0.3, 0.4) is 0 Å². The first-order valence-electron chi connectivity index (χ1n) is 12.4. The fourth-order valence-electron chi connectivity index (χ4n) is 4.69. The summed E-state index contributed by atoms with van der Waals surface area (Å²) in [5, 5.41) is 17.5. The number of carbonyl (C=O) groups excluding carboxylic acids is 1. The van der Waals surface area contributed by atoms with Crippen LogP contribution < -0.4 is 10.5 Å². The number of nitrogens with one attached hydrogen (secondary N) is 2. The molecule has 0 bridgehead atoms. The maximum Gasteiger partial charge on any atom is 0.313 e. The van der Waals surface area contributed by atoms with Crippen LogP contribution in [-0.4, -0.2) is 48.3 Å². The van der Waals surface area contributed by atoms with Crippen LogP contribution in [0, 0.1) is 10.8 Å². The number of amidine groups is 2. The Bertz CT molecular complexity index is 1250. The highest BCUT2D eigenvalue weighted by Crippen LogP contribution is 2.28. The summed E-state index contributed by atoms with van der Waals surface area (Å²) in [6.07, 6.45) is 2.43. The number of fused-ring (bicyclic) bond motifs is 1. The lowest BCUT2D eigenvalue weighted by Crippen LogP contribution is -2.40. The summed E-state index contributed by atoms with van der Waals surface area (Å²) in [6.45, 7) is 5.65. The summed E-state index contributed by atoms with van der Waals surface area (Å²) in [5.74, 6) is 0.774. The summed E-state index contributed by atoms with van der Waals surface area (Å²) < 4.78 is 11.6. The lowest BCUT2D eigenvalue weighted by atomic mass is 9.91. The Morgan fingerprint density at radius 1 is 1.03 bits per heavy atom. The van der Waals surface area contributed by atoms with Crippen LogP contribution in [0.1, 0.15) is 49.3 Å². The second-order valence-corrected chi connectivity index (χ2v) is 9.28. The minimum Gasteiger partial charge on any atom is -0.490 e. The molecule has 1 fully saturated rings. The van der Waals surface area contributed by atoms with Gasteiger partial charge in [-0.1, -0.05) is 42.5 Å². The standard InChI is InChI=1S/C29H34N4O3/c1-3-35-29(34)27(17-20-4-5-23-18-24(28(31)32)7-6-22(23)16-20)21-8-10-25(11-9-21)36-26-12-14-33(15-13-26)19(2)30/h4-11,16,18,26-27,30H,3,12-15,17H2,1-2H3,(H3,31,32). The fourth-order valence-corrected chi connectivity index (χ4v) is 4.69. The topological polar surface area (TPSA) is 112 Å². The van der Waals surface area contributed by atoms with Crippen molar-refractivity contribution in [1.29, 1.82) is 10.8 Å². The van der Waals surface area contributed by atoms with Gasteiger partial charge in [0.05, 0.1) is 18.4 Å². The van der Waals surface area contributed by atoms with E-state index in [9.17, 15) is 4.79 Å². The lowest BCUT2D eigenvalue weighted by Gasteiger charge is -2.32. The van der Waals surface area contributed by atoms with E-state index in [0.29, 0.717) is 24.4 Å². The first kappa shape index (κ1) is 25.2. The molecule has 1 heterocycles. The van der Waals surface area contributed by atoms with Crippen molar-refractivity contribution in [1.82, 2.24) is 4.90 Å². The van der Waals surface area contributed by atoms with E-state index in [4.69, 9.17) is 26.0 Å². The number of ether oxygens (including phenoxy) is 2. The molecule has 0 amide bonds.